The number of nitrogens with one attached hydrogen (secondary N) is 1. The summed E-state index contributed by atoms with van der Waals surface area (Å²) in [5, 5.41) is 7.86. The van der Waals surface area contributed by atoms with E-state index < -0.39 is 0 Å². The van der Waals surface area contributed by atoms with Gasteiger partial charge in [-0.2, -0.15) is 5.10 Å². The standard InChI is InChI=1S/C19H19N5/c20-18-15(7-5-12-3-1-2-4-12)14(9-10-22-18)13-6-8-17-16(11-13)19(21)24-23-17/h6,8-12H,1-4H2,(H2,20,22)(H3,21,23,24). The maximum atomic E-state index is 6.11. The Bertz CT molecular complexity index is 955. The number of nitrogens with two attached hydrogens (primary N) is 2. The first kappa shape index (κ1) is 14.6. The zero-order valence-corrected chi connectivity index (χ0v) is 13.3. The Labute approximate surface area is 140 Å². The maximum Gasteiger partial charge on any atom is 0.153 e. The Morgan fingerprint density at radius 1 is 1.08 bits per heavy atom. The molecule has 0 atom stereocenters. The van der Waals surface area contributed by atoms with Gasteiger partial charge in [-0.15, -0.1) is 0 Å². The van der Waals surface area contributed by atoms with Gasteiger partial charge in [0.1, 0.15) is 5.82 Å². The van der Waals surface area contributed by atoms with Crippen LogP contribution in [0.5, 0.6) is 0 Å². The zero-order chi connectivity index (χ0) is 16.5. The Kier molecular flexibility index (Phi) is 3.58. The number of aromatic nitrogens is 3. The van der Waals surface area contributed by atoms with E-state index in [1.165, 1.54) is 25.7 Å². The third-order valence-corrected chi connectivity index (χ3v) is 4.64. The van der Waals surface area contributed by atoms with Crippen molar-refractivity contribution < 1.29 is 0 Å². The van der Waals surface area contributed by atoms with Gasteiger partial charge in [-0.1, -0.05) is 30.7 Å². The summed E-state index contributed by atoms with van der Waals surface area (Å²) in [5.41, 5.74) is 15.7. The van der Waals surface area contributed by atoms with Gasteiger partial charge in [0, 0.05) is 23.1 Å². The summed E-state index contributed by atoms with van der Waals surface area (Å²) in [7, 11) is 0. The fourth-order valence-electron chi connectivity index (χ4n) is 3.30. The number of H-pyrrole nitrogens is 1. The van der Waals surface area contributed by atoms with E-state index >= 15 is 0 Å². The first-order chi connectivity index (χ1) is 11.7. The van der Waals surface area contributed by atoms with Crippen molar-refractivity contribution in [2.75, 3.05) is 11.5 Å². The number of hydrogen-bond acceptors (Lipinski definition) is 4. The van der Waals surface area contributed by atoms with Gasteiger partial charge in [-0.25, -0.2) is 4.98 Å². The first-order valence-electron chi connectivity index (χ1n) is 8.22. The molecule has 0 radical (unpaired) electrons. The summed E-state index contributed by atoms with van der Waals surface area (Å²) in [6, 6.07) is 7.96. The van der Waals surface area contributed by atoms with Crippen molar-refractivity contribution in [2.24, 2.45) is 5.92 Å². The molecule has 0 amide bonds. The molecule has 1 aliphatic rings. The minimum absolute atomic E-state index is 0.471. The molecule has 5 heteroatoms. The van der Waals surface area contributed by atoms with Crippen LogP contribution in [-0.4, -0.2) is 15.2 Å². The van der Waals surface area contributed by atoms with Crippen LogP contribution in [0.15, 0.2) is 30.5 Å². The lowest BCUT2D eigenvalue weighted by Gasteiger charge is -2.08. The fraction of sp³-hybridized carbons (Fsp3) is 0.263. The number of fused-ring (bicyclic) bond motifs is 1. The molecule has 1 saturated carbocycles. The van der Waals surface area contributed by atoms with Crippen molar-refractivity contribution in [3.63, 3.8) is 0 Å². The molecular weight excluding hydrogens is 298 g/mol. The molecule has 0 unspecified atom stereocenters. The maximum absolute atomic E-state index is 6.11. The molecule has 4 rings (SSSR count). The van der Waals surface area contributed by atoms with Gasteiger partial charge >= 0.3 is 0 Å². The minimum atomic E-state index is 0.471. The van der Waals surface area contributed by atoms with Crippen molar-refractivity contribution in [3.8, 4) is 23.0 Å². The molecule has 120 valence electrons. The Balaban J connectivity index is 1.81. The van der Waals surface area contributed by atoms with E-state index in [1.807, 2.05) is 24.3 Å². The number of benzene rings is 1. The predicted molar refractivity (Wildman–Crippen MR) is 97.0 cm³/mol. The van der Waals surface area contributed by atoms with Gasteiger partial charge in [-0.3, -0.25) is 5.10 Å². The summed E-state index contributed by atoms with van der Waals surface area (Å²) in [6.45, 7) is 0. The molecule has 5 N–H and O–H groups in total. The SMILES string of the molecule is Nc1nccc(-c2ccc3[nH]nc(N)c3c2)c1C#CC1CCCC1. The molecule has 1 aliphatic carbocycles. The van der Waals surface area contributed by atoms with E-state index in [2.05, 4.69) is 27.0 Å². The quantitative estimate of drug-likeness (QED) is 0.600. The lowest BCUT2D eigenvalue weighted by molar-refractivity contribution is 0.712. The summed E-state index contributed by atoms with van der Waals surface area (Å²) in [5.74, 6) is 8.11. The van der Waals surface area contributed by atoms with E-state index in [-0.39, 0.29) is 0 Å². The molecular formula is C19H19N5. The summed E-state index contributed by atoms with van der Waals surface area (Å²) < 4.78 is 0. The van der Waals surface area contributed by atoms with Crippen LogP contribution >= 0.6 is 0 Å². The number of pyridine rings is 1. The highest BCUT2D eigenvalue weighted by atomic mass is 15.1. The number of hydrogen-bond donors (Lipinski definition) is 3. The molecule has 5 nitrogen and oxygen atoms in total. The largest absolute Gasteiger partial charge is 0.383 e. The predicted octanol–water partition coefficient (Wildman–Crippen LogP) is 3.33. The Hall–Kier alpha value is -3.00. The van der Waals surface area contributed by atoms with Gasteiger partial charge in [0.15, 0.2) is 5.82 Å². The molecule has 0 spiro atoms. The van der Waals surface area contributed by atoms with Gasteiger partial charge in [-0.05, 0) is 36.6 Å². The van der Waals surface area contributed by atoms with E-state index in [4.69, 9.17) is 11.5 Å². The van der Waals surface area contributed by atoms with E-state index in [9.17, 15) is 0 Å². The molecule has 24 heavy (non-hydrogen) atoms. The van der Waals surface area contributed by atoms with Crippen LogP contribution in [0.1, 0.15) is 31.2 Å². The smallest absolute Gasteiger partial charge is 0.153 e. The molecule has 0 saturated heterocycles. The minimum Gasteiger partial charge on any atom is -0.383 e. The van der Waals surface area contributed by atoms with Crippen molar-refractivity contribution in [2.45, 2.75) is 25.7 Å². The lowest BCUT2D eigenvalue weighted by Crippen LogP contribution is -1.98. The summed E-state index contributed by atoms with van der Waals surface area (Å²) >= 11 is 0. The second-order valence-electron chi connectivity index (χ2n) is 6.24. The molecule has 1 fully saturated rings. The van der Waals surface area contributed by atoms with Gasteiger partial charge < -0.3 is 11.5 Å². The third-order valence-electron chi connectivity index (χ3n) is 4.64. The second kappa shape index (κ2) is 5.89. The summed E-state index contributed by atoms with van der Waals surface area (Å²) in [6.07, 6.45) is 6.62. The van der Waals surface area contributed by atoms with E-state index in [0.29, 0.717) is 17.6 Å². The van der Waals surface area contributed by atoms with Crippen LogP contribution < -0.4 is 11.5 Å². The number of rotatable bonds is 1. The van der Waals surface area contributed by atoms with E-state index in [0.717, 1.165) is 27.6 Å². The van der Waals surface area contributed by atoms with Crippen LogP contribution in [0.4, 0.5) is 11.6 Å². The monoisotopic (exact) mass is 317 g/mol. The Morgan fingerprint density at radius 3 is 2.75 bits per heavy atom. The van der Waals surface area contributed by atoms with Crippen LogP contribution in [0.2, 0.25) is 0 Å². The topological polar surface area (TPSA) is 93.6 Å². The number of nitrogens with zero attached hydrogens (tertiary/aromatic N) is 2. The average molecular weight is 317 g/mol. The average Bonchev–Trinajstić information content (AvgIpc) is 3.23. The van der Waals surface area contributed by atoms with Crippen LogP contribution in [-0.2, 0) is 0 Å². The van der Waals surface area contributed by atoms with Crippen LogP contribution in [0.25, 0.3) is 22.0 Å². The van der Waals surface area contributed by atoms with Crippen molar-refractivity contribution in [1.29, 1.82) is 0 Å². The van der Waals surface area contributed by atoms with Gasteiger partial charge in [0.25, 0.3) is 0 Å². The molecule has 2 heterocycles. The zero-order valence-electron chi connectivity index (χ0n) is 13.3. The number of anilines is 2. The van der Waals surface area contributed by atoms with Crippen molar-refractivity contribution in [1.82, 2.24) is 15.2 Å². The third kappa shape index (κ3) is 2.56. The second-order valence-corrected chi connectivity index (χ2v) is 6.24. The molecule has 3 aromatic rings. The highest BCUT2D eigenvalue weighted by molar-refractivity contribution is 5.93. The number of aromatic amines is 1. The van der Waals surface area contributed by atoms with Crippen molar-refractivity contribution >= 4 is 22.5 Å². The van der Waals surface area contributed by atoms with Crippen molar-refractivity contribution in [3.05, 3.63) is 36.0 Å². The molecule has 0 aliphatic heterocycles. The Morgan fingerprint density at radius 2 is 1.92 bits per heavy atom. The van der Waals surface area contributed by atoms with E-state index in [1.54, 1.807) is 6.20 Å². The molecule has 1 aromatic carbocycles. The highest BCUT2D eigenvalue weighted by Gasteiger charge is 2.13. The lowest BCUT2D eigenvalue weighted by atomic mass is 9.99. The van der Waals surface area contributed by atoms with Crippen LogP contribution in [0.3, 0.4) is 0 Å². The highest BCUT2D eigenvalue weighted by Crippen LogP contribution is 2.30. The van der Waals surface area contributed by atoms with Crippen LogP contribution in [0, 0.1) is 17.8 Å². The van der Waals surface area contributed by atoms with Gasteiger partial charge in [0.2, 0.25) is 0 Å². The first-order valence-corrected chi connectivity index (χ1v) is 8.22. The fourth-order valence-corrected chi connectivity index (χ4v) is 3.30. The number of nitrogen functional groups attached to an aromatic ring is 2. The molecule has 0 bridgehead atoms. The summed E-state index contributed by atoms with van der Waals surface area (Å²) in [4.78, 5) is 4.21. The molecule has 2 aromatic heterocycles. The normalized spacial score (nSPS) is 14.7. The van der Waals surface area contributed by atoms with Gasteiger partial charge in [0.05, 0.1) is 11.1 Å².